The molecule has 0 aromatic heterocycles. The highest BCUT2D eigenvalue weighted by atomic mass is 16.1. The van der Waals surface area contributed by atoms with E-state index in [0.717, 1.165) is 31.5 Å². The van der Waals surface area contributed by atoms with E-state index in [9.17, 15) is 4.79 Å². The predicted molar refractivity (Wildman–Crippen MR) is 63.6 cm³/mol. The number of hydrogen-bond donors (Lipinski definition) is 0. The Balaban J connectivity index is 2.23. The quantitative estimate of drug-likeness (QED) is 0.627. The summed E-state index contributed by atoms with van der Waals surface area (Å²) in [5.41, 5.74) is 1.15. The molecule has 2 heteroatoms. The van der Waals surface area contributed by atoms with Crippen LogP contribution in [0, 0.1) is 5.92 Å². The van der Waals surface area contributed by atoms with Gasteiger partial charge in [0.2, 0.25) is 0 Å². The molecule has 0 aliphatic carbocycles. The lowest BCUT2D eigenvalue weighted by Gasteiger charge is -2.19. The van der Waals surface area contributed by atoms with Crippen molar-refractivity contribution >= 4 is 5.78 Å². The smallest absolute Gasteiger partial charge is 0.152 e. The normalized spacial score (nSPS) is 21.1. The van der Waals surface area contributed by atoms with Crippen molar-refractivity contribution in [2.45, 2.75) is 46.0 Å². The zero-order valence-electron chi connectivity index (χ0n) is 10.1. The van der Waals surface area contributed by atoms with E-state index in [-0.39, 0.29) is 0 Å². The SMILES string of the molecule is C=C1C(C)CCN1CC(=O)CCCCC. The summed E-state index contributed by atoms with van der Waals surface area (Å²) in [7, 11) is 0. The van der Waals surface area contributed by atoms with E-state index >= 15 is 0 Å². The molecule has 1 aliphatic heterocycles. The first-order chi connectivity index (χ1) is 7.15. The minimum Gasteiger partial charge on any atom is -0.368 e. The van der Waals surface area contributed by atoms with Gasteiger partial charge in [-0.05, 0) is 18.8 Å². The number of unbranched alkanes of at least 4 members (excludes halogenated alkanes) is 2. The highest BCUT2D eigenvalue weighted by molar-refractivity contribution is 5.80. The average molecular weight is 209 g/mol. The first-order valence-electron chi connectivity index (χ1n) is 6.10. The van der Waals surface area contributed by atoms with Crippen LogP contribution < -0.4 is 0 Å². The van der Waals surface area contributed by atoms with Crippen LogP contribution in [-0.2, 0) is 4.79 Å². The largest absolute Gasteiger partial charge is 0.368 e. The van der Waals surface area contributed by atoms with Crippen LogP contribution in [0.3, 0.4) is 0 Å². The van der Waals surface area contributed by atoms with Crippen molar-refractivity contribution < 1.29 is 4.79 Å². The molecule has 1 heterocycles. The standard InChI is InChI=1S/C13H23NO/c1-4-5-6-7-13(15)10-14-9-8-11(2)12(14)3/h11H,3-10H2,1-2H3. The maximum Gasteiger partial charge on any atom is 0.152 e. The van der Waals surface area contributed by atoms with Gasteiger partial charge in [-0.15, -0.1) is 0 Å². The van der Waals surface area contributed by atoms with Crippen LogP contribution in [-0.4, -0.2) is 23.8 Å². The molecule has 0 aromatic carbocycles. The van der Waals surface area contributed by atoms with Gasteiger partial charge in [0.15, 0.2) is 5.78 Å². The van der Waals surface area contributed by atoms with Gasteiger partial charge in [0, 0.05) is 18.7 Å². The summed E-state index contributed by atoms with van der Waals surface area (Å²) >= 11 is 0. The van der Waals surface area contributed by atoms with E-state index in [1.165, 1.54) is 12.8 Å². The van der Waals surface area contributed by atoms with Gasteiger partial charge in [-0.1, -0.05) is 33.3 Å². The molecular weight excluding hydrogens is 186 g/mol. The lowest BCUT2D eigenvalue weighted by Crippen LogP contribution is -2.25. The Morgan fingerprint density at radius 1 is 1.53 bits per heavy atom. The Kier molecular flexibility index (Phi) is 4.86. The van der Waals surface area contributed by atoms with E-state index < -0.39 is 0 Å². The maximum atomic E-state index is 11.6. The van der Waals surface area contributed by atoms with Crippen molar-refractivity contribution in [1.29, 1.82) is 0 Å². The highest BCUT2D eigenvalue weighted by Gasteiger charge is 2.23. The number of nitrogens with zero attached hydrogens (tertiary/aromatic N) is 1. The number of likely N-dealkylation sites (tertiary alicyclic amines) is 1. The van der Waals surface area contributed by atoms with E-state index in [1.54, 1.807) is 0 Å². The fraction of sp³-hybridized carbons (Fsp3) is 0.769. The molecular formula is C13H23NO. The number of hydrogen-bond acceptors (Lipinski definition) is 2. The summed E-state index contributed by atoms with van der Waals surface area (Å²) in [6, 6.07) is 0. The Bertz CT molecular complexity index is 235. The molecule has 1 aliphatic rings. The second-order valence-electron chi connectivity index (χ2n) is 4.60. The van der Waals surface area contributed by atoms with E-state index in [0.29, 0.717) is 18.2 Å². The van der Waals surface area contributed by atoms with E-state index in [1.807, 2.05) is 0 Å². The van der Waals surface area contributed by atoms with Crippen LogP contribution >= 0.6 is 0 Å². The second kappa shape index (κ2) is 5.94. The lowest BCUT2D eigenvalue weighted by atomic mass is 10.1. The Morgan fingerprint density at radius 3 is 2.80 bits per heavy atom. The minimum absolute atomic E-state index is 0.374. The van der Waals surface area contributed by atoms with Crippen molar-refractivity contribution in [3.8, 4) is 0 Å². The first-order valence-corrected chi connectivity index (χ1v) is 6.10. The van der Waals surface area contributed by atoms with Crippen LogP contribution in [0.15, 0.2) is 12.3 Å². The first kappa shape index (κ1) is 12.3. The third-order valence-electron chi connectivity index (χ3n) is 3.23. The molecule has 1 unspecified atom stereocenters. The Labute approximate surface area is 93.3 Å². The summed E-state index contributed by atoms with van der Waals surface area (Å²) < 4.78 is 0. The summed E-state index contributed by atoms with van der Waals surface area (Å²) in [6.45, 7) is 9.99. The van der Waals surface area contributed by atoms with Crippen molar-refractivity contribution in [2.24, 2.45) is 5.92 Å². The minimum atomic E-state index is 0.374. The number of rotatable bonds is 6. The third kappa shape index (κ3) is 3.69. The predicted octanol–water partition coefficient (Wildman–Crippen LogP) is 2.99. The maximum absolute atomic E-state index is 11.6. The molecule has 1 rings (SSSR count). The van der Waals surface area contributed by atoms with Crippen molar-refractivity contribution in [1.82, 2.24) is 4.90 Å². The molecule has 0 amide bonds. The monoisotopic (exact) mass is 209 g/mol. The summed E-state index contributed by atoms with van der Waals surface area (Å²) in [6.07, 6.45) is 5.29. The van der Waals surface area contributed by atoms with Gasteiger partial charge in [0.25, 0.3) is 0 Å². The number of carbonyl (C=O) groups is 1. The van der Waals surface area contributed by atoms with E-state index in [2.05, 4.69) is 25.3 Å². The molecule has 0 bridgehead atoms. The van der Waals surface area contributed by atoms with Gasteiger partial charge < -0.3 is 4.90 Å². The fourth-order valence-corrected chi connectivity index (χ4v) is 2.02. The molecule has 0 radical (unpaired) electrons. The Hall–Kier alpha value is -0.790. The molecule has 15 heavy (non-hydrogen) atoms. The molecule has 0 spiro atoms. The van der Waals surface area contributed by atoms with Crippen LogP contribution in [0.2, 0.25) is 0 Å². The Morgan fingerprint density at radius 2 is 2.27 bits per heavy atom. The summed E-state index contributed by atoms with van der Waals surface area (Å²) in [5.74, 6) is 0.937. The summed E-state index contributed by atoms with van der Waals surface area (Å²) in [5, 5.41) is 0. The highest BCUT2D eigenvalue weighted by Crippen LogP contribution is 2.25. The summed E-state index contributed by atoms with van der Waals surface area (Å²) in [4.78, 5) is 13.8. The molecule has 2 nitrogen and oxygen atoms in total. The van der Waals surface area contributed by atoms with Gasteiger partial charge in [0.1, 0.15) is 0 Å². The average Bonchev–Trinajstić information content (AvgIpc) is 2.50. The van der Waals surface area contributed by atoms with Gasteiger partial charge >= 0.3 is 0 Å². The number of ketones is 1. The van der Waals surface area contributed by atoms with Crippen molar-refractivity contribution in [2.75, 3.05) is 13.1 Å². The number of Topliss-reactive ketones (excluding diaryl/α,β-unsaturated/α-hetero) is 1. The molecule has 1 atom stereocenters. The van der Waals surface area contributed by atoms with Crippen molar-refractivity contribution in [3.63, 3.8) is 0 Å². The topological polar surface area (TPSA) is 20.3 Å². The van der Waals surface area contributed by atoms with Crippen molar-refractivity contribution in [3.05, 3.63) is 12.3 Å². The zero-order chi connectivity index (χ0) is 11.3. The molecule has 0 aromatic rings. The van der Waals surface area contributed by atoms with Gasteiger partial charge in [0.05, 0.1) is 6.54 Å². The zero-order valence-corrected chi connectivity index (χ0v) is 10.1. The van der Waals surface area contributed by atoms with Gasteiger partial charge in [-0.2, -0.15) is 0 Å². The van der Waals surface area contributed by atoms with E-state index in [4.69, 9.17) is 0 Å². The second-order valence-corrected chi connectivity index (χ2v) is 4.60. The fourth-order valence-electron chi connectivity index (χ4n) is 2.02. The molecule has 0 N–H and O–H groups in total. The van der Waals surface area contributed by atoms with Gasteiger partial charge in [-0.3, -0.25) is 4.79 Å². The third-order valence-corrected chi connectivity index (χ3v) is 3.23. The number of carbonyl (C=O) groups excluding carboxylic acids is 1. The van der Waals surface area contributed by atoms with Gasteiger partial charge in [-0.25, -0.2) is 0 Å². The van der Waals surface area contributed by atoms with Crippen LogP contribution in [0.1, 0.15) is 46.0 Å². The van der Waals surface area contributed by atoms with Crippen LogP contribution in [0.25, 0.3) is 0 Å². The molecule has 0 saturated carbocycles. The molecule has 86 valence electrons. The molecule has 1 fully saturated rings. The lowest BCUT2D eigenvalue weighted by molar-refractivity contribution is -0.119. The van der Waals surface area contributed by atoms with Crippen LogP contribution in [0.5, 0.6) is 0 Å². The number of allylic oxidation sites excluding steroid dienone is 1. The molecule has 1 saturated heterocycles. The van der Waals surface area contributed by atoms with Crippen LogP contribution in [0.4, 0.5) is 0 Å².